The number of piperidine rings is 1. The Morgan fingerprint density at radius 1 is 1.42 bits per heavy atom. The molecule has 0 bridgehead atoms. The second kappa shape index (κ2) is 7.10. The second-order valence-corrected chi connectivity index (χ2v) is 6.48. The van der Waals surface area contributed by atoms with E-state index in [4.69, 9.17) is 4.74 Å². The van der Waals surface area contributed by atoms with E-state index in [2.05, 4.69) is 10.2 Å². The van der Waals surface area contributed by atoms with Gasteiger partial charge < -0.3 is 20.1 Å². The number of nitrogens with zero attached hydrogens (tertiary/aromatic N) is 1. The van der Waals surface area contributed by atoms with Gasteiger partial charge >= 0.3 is 6.09 Å². The van der Waals surface area contributed by atoms with E-state index in [0.717, 1.165) is 32.5 Å². The zero-order valence-corrected chi connectivity index (χ0v) is 12.6. The van der Waals surface area contributed by atoms with Gasteiger partial charge in [-0.2, -0.15) is 0 Å². The van der Waals surface area contributed by atoms with Gasteiger partial charge in [-0.05, 0) is 59.5 Å². The van der Waals surface area contributed by atoms with Crippen molar-refractivity contribution in [3.8, 4) is 0 Å². The summed E-state index contributed by atoms with van der Waals surface area (Å²) in [6.45, 7) is 10.8. The summed E-state index contributed by atoms with van der Waals surface area (Å²) >= 11 is 0. The maximum Gasteiger partial charge on any atom is 0.407 e. The lowest BCUT2D eigenvalue weighted by atomic mass is 9.96. The maximum absolute atomic E-state index is 11.5. The molecule has 5 heteroatoms. The number of alkyl carbamates (subject to hydrolysis) is 1. The van der Waals surface area contributed by atoms with Crippen molar-refractivity contribution in [2.24, 2.45) is 5.92 Å². The van der Waals surface area contributed by atoms with Gasteiger partial charge in [-0.3, -0.25) is 0 Å². The van der Waals surface area contributed by atoms with E-state index < -0.39 is 5.60 Å². The first-order chi connectivity index (χ1) is 8.76. The number of amides is 1. The van der Waals surface area contributed by atoms with Gasteiger partial charge in [0.25, 0.3) is 0 Å². The Bertz CT molecular complexity index is 279. The number of carbonyl (C=O) groups excluding carboxylic acids is 1. The fourth-order valence-electron chi connectivity index (χ4n) is 2.29. The molecular weight excluding hydrogens is 244 g/mol. The monoisotopic (exact) mass is 272 g/mol. The Morgan fingerprint density at radius 3 is 2.47 bits per heavy atom. The van der Waals surface area contributed by atoms with Crippen molar-refractivity contribution < 1.29 is 14.6 Å². The summed E-state index contributed by atoms with van der Waals surface area (Å²) in [6.07, 6.45) is 1.51. The molecule has 0 radical (unpaired) electrons. The van der Waals surface area contributed by atoms with Gasteiger partial charge in [0.05, 0.1) is 6.10 Å². The molecule has 0 saturated carbocycles. The van der Waals surface area contributed by atoms with Crippen molar-refractivity contribution >= 4 is 6.09 Å². The van der Waals surface area contributed by atoms with E-state index in [9.17, 15) is 9.90 Å². The zero-order chi connectivity index (χ0) is 14.5. The largest absolute Gasteiger partial charge is 0.444 e. The first-order valence-electron chi connectivity index (χ1n) is 7.13. The molecule has 1 atom stereocenters. The number of rotatable bonds is 4. The van der Waals surface area contributed by atoms with Crippen LogP contribution in [-0.4, -0.2) is 54.0 Å². The zero-order valence-electron chi connectivity index (χ0n) is 12.6. The summed E-state index contributed by atoms with van der Waals surface area (Å²) in [5.74, 6) is 0.512. The summed E-state index contributed by atoms with van der Waals surface area (Å²) < 4.78 is 5.21. The minimum atomic E-state index is -0.440. The molecule has 19 heavy (non-hydrogen) atoms. The fourth-order valence-corrected chi connectivity index (χ4v) is 2.29. The molecule has 1 aliphatic heterocycles. The minimum Gasteiger partial charge on any atom is -0.444 e. The number of ether oxygens (including phenoxy) is 1. The van der Waals surface area contributed by atoms with Crippen LogP contribution >= 0.6 is 0 Å². The average Bonchev–Trinajstić information content (AvgIpc) is 2.25. The number of hydrogen-bond acceptors (Lipinski definition) is 4. The highest BCUT2D eigenvalue weighted by molar-refractivity contribution is 5.67. The standard InChI is InChI=1S/C14H28N2O3/c1-11(17)10-16-7-5-12(6-8-16)9-15-13(18)19-14(2,3)4/h11-12,17H,5-10H2,1-4H3,(H,15,18). The molecule has 1 fully saturated rings. The van der Waals surface area contributed by atoms with Gasteiger partial charge in [0, 0.05) is 13.1 Å². The Hall–Kier alpha value is -0.810. The van der Waals surface area contributed by atoms with Crippen LogP contribution in [0.5, 0.6) is 0 Å². The molecule has 0 aliphatic carbocycles. The molecule has 1 saturated heterocycles. The van der Waals surface area contributed by atoms with Crippen LogP contribution in [-0.2, 0) is 4.74 Å². The van der Waals surface area contributed by atoms with Gasteiger partial charge in [0.15, 0.2) is 0 Å². The lowest BCUT2D eigenvalue weighted by Crippen LogP contribution is -2.42. The summed E-state index contributed by atoms with van der Waals surface area (Å²) in [4.78, 5) is 13.8. The van der Waals surface area contributed by atoms with E-state index in [0.29, 0.717) is 12.5 Å². The smallest absolute Gasteiger partial charge is 0.407 e. The van der Waals surface area contributed by atoms with Gasteiger partial charge in [-0.25, -0.2) is 4.79 Å². The van der Waals surface area contributed by atoms with Crippen LogP contribution in [0.25, 0.3) is 0 Å². The van der Waals surface area contributed by atoms with Crippen LogP contribution in [0.3, 0.4) is 0 Å². The molecule has 1 rings (SSSR count). The molecule has 112 valence electrons. The molecule has 1 amide bonds. The topological polar surface area (TPSA) is 61.8 Å². The summed E-state index contributed by atoms with van der Waals surface area (Å²) in [5, 5.41) is 12.2. The molecule has 0 spiro atoms. The third kappa shape index (κ3) is 7.38. The molecule has 1 aliphatic rings. The lowest BCUT2D eigenvalue weighted by Gasteiger charge is -2.32. The van der Waals surface area contributed by atoms with Crippen LogP contribution in [0.4, 0.5) is 4.79 Å². The van der Waals surface area contributed by atoms with Crippen molar-refractivity contribution in [2.75, 3.05) is 26.2 Å². The van der Waals surface area contributed by atoms with Crippen molar-refractivity contribution in [3.63, 3.8) is 0 Å². The third-order valence-electron chi connectivity index (χ3n) is 3.16. The van der Waals surface area contributed by atoms with Crippen LogP contribution < -0.4 is 5.32 Å². The highest BCUT2D eigenvalue weighted by atomic mass is 16.6. The Labute approximate surface area is 116 Å². The van der Waals surface area contributed by atoms with Crippen molar-refractivity contribution in [3.05, 3.63) is 0 Å². The van der Waals surface area contributed by atoms with E-state index >= 15 is 0 Å². The second-order valence-electron chi connectivity index (χ2n) is 6.48. The SMILES string of the molecule is CC(O)CN1CCC(CNC(=O)OC(C)(C)C)CC1. The number of hydrogen-bond donors (Lipinski definition) is 2. The van der Waals surface area contributed by atoms with E-state index in [-0.39, 0.29) is 12.2 Å². The van der Waals surface area contributed by atoms with Crippen molar-refractivity contribution in [2.45, 2.75) is 52.2 Å². The molecule has 0 aromatic rings. The average molecular weight is 272 g/mol. The molecule has 0 aromatic carbocycles. The molecular formula is C14H28N2O3. The predicted octanol–water partition coefficient (Wildman–Crippen LogP) is 1.60. The van der Waals surface area contributed by atoms with Crippen LogP contribution in [0, 0.1) is 5.92 Å². The van der Waals surface area contributed by atoms with Crippen molar-refractivity contribution in [1.29, 1.82) is 0 Å². The number of carbonyl (C=O) groups is 1. The number of aliphatic hydroxyl groups is 1. The van der Waals surface area contributed by atoms with Crippen LogP contribution in [0.1, 0.15) is 40.5 Å². The molecule has 0 aromatic heterocycles. The number of nitrogens with one attached hydrogen (secondary N) is 1. The molecule has 5 nitrogen and oxygen atoms in total. The lowest BCUT2D eigenvalue weighted by molar-refractivity contribution is 0.0505. The molecule has 1 unspecified atom stereocenters. The van der Waals surface area contributed by atoms with Crippen LogP contribution in [0.15, 0.2) is 0 Å². The highest BCUT2D eigenvalue weighted by Crippen LogP contribution is 2.16. The normalized spacial score (nSPS) is 20.1. The van der Waals surface area contributed by atoms with Crippen LogP contribution in [0.2, 0.25) is 0 Å². The van der Waals surface area contributed by atoms with Gasteiger partial charge in [0.1, 0.15) is 5.60 Å². The van der Waals surface area contributed by atoms with Gasteiger partial charge in [0.2, 0.25) is 0 Å². The summed E-state index contributed by atoms with van der Waals surface area (Å²) in [5.41, 5.74) is -0.440. The van der Waals surface area contributed by atoms with E-state index in [1.54, 1.807) is 0 Å². The third-order valence-corrected chi connectivity index (χ3v) is 3.16. The highest BCUT2D eigenvalue weighted by Gasteiger charge is 2.21. The van der Waals surface area contributed by atoms with E-state index in [1.165, 1.54) is 0 Å². The number of likely N-dealkylation sites (tertiary alicyclic amines) is 1. The number of aliphatic hydroxyl groups excluding tert-OH is 1. The number of β-amino-alcohol motifs (C(OH)–C–C–N with tert-alkyl or cyclic N) is 1. The Morgan fingerprint density at radius 2 is 2.00 bits per heavy atom. The quantitative estimate of drug-likeness (QED) is 0.816. The first-order valence-corrected chi connectivity index (χ1v) is 7.13. The Balaban J connectivity index is 2.17. The van der Waals surface area contributed by atoms with Gasteiger partial charge in [-0.15, -0.1) is 0 Å². The summed E-state index contributed by atoms with van der Waals surface area (Å²) in [7, 11) is 0. The predicted molar refractivity (Wildman–Crippen MR) is 75.1 cm³/mol. The maximum atomic E-state index is 11.5. The van der Waals surface area contributed by atoms with Crippen molar-refractivity contribution in [1.82, 2.24) is 10.2 Å². The van der Waals surface area contributed by atoms with E-state index in [1.807, 2.05) is 27.7 Å². The molecule has 1 heterocycles. The molecule has 2 N–H and O–H groups in total. The Kier molecular flexibility index (Phi) is 6.07. The minimum absolute atomic E-state index is 0.267. The van der Waals surface area contributed by atoms with Gasteiger partial charge in [-0.1, -0.05) is 0 Å². The first kappa shape index (κ1) is 16.2. The fraction of sp³-hybridized carbons (Fsp3) is 0.929. The summed E-state index contributed by atoms with van der Waals surface area (Å²) in [6, 6.07) is 0.